The molecule has 47 heavy (non-hydrogen) atoms. The van der Waals surface area contributed by atoms with E-state index in [9.17, 15) is 0 Å². The summed E-state index contributed by atoms with van der Waals surface area (Å²) < 4.78 is 0. The molecular formula is C47H52. The summed E-state index contributed by atoms with van der Waals surface area (Å²) in [5.74, 6) is 0.658. The molecule has 8 rings (SSSR count). The number of fused-ring (bicyclic) bond motifs is 6. The molecule has 0 spiro atoms. The molecular weight excluding hydrogens is 565 g/mol. The first-order valence-electron chi connectivity index (χ1n) is 18.1. The van der Waals surface area contributed by atoms with Crippen LogP contribution >= 0.6 is 0 Å². The van der Waals surface area contributed by atoms with Crippen LogP contribution in [0.2, 0.25) is 0 Å². The Kier molecular flexibility index (Phi) is 6.49. The van der Waals surface area contributed by atoms with Crippen molar-refractivity contribution in [1.29, 1.82) is 0 Å². The standard InChI is InChI=1S/C47H52/c1-42(2)43(3,4)45(7)39-30-20-19-29-37(39)40-36-28-18-15-21-32(36)31-38(40)41(45)46(8,44(42,5)6)47(35-26-16-17-27-35,33-22-11-9-12-23-33)34-24-13-10-14-25-34/h9-19,21-29,35,39H,20,30-31H2,1-8H3. The molecule has 3 atom stereocenters. The van der Waals surface area contributed by atoms with Gasteiger partial charge in [0.1, 0.15) is 0 Å². The molecule has 0 N–H and O–H groups in total. The Morgan fingerprint density at radius 1 is 0.638 bits per heavy atom. The van der Waals surface area contributed by atoms with Gasteiger partial charge in [0, 0.05) is 22.2 Å². The van der Waals surface area contributed by atoms with Gasteiger partial charge in [-0.1, -0.05) is 182 Å². The van der Waals surface area contributed by atoms with E-state index in [4.69, 9.17) is 0 Å². The average Bonchev–Trinajstić information content (AvgIpc) is 3.74. The summed E-state index contributed by atoms with van der Waals surface area (Å²) in [6.07, 6.45) is 18.0. The van der Waals surface area contributed by atoms with E-state index in [0.717, 1.165) is 12.8 Å². The zero-order valence-electron chi connectivity index (χ0n) is 29.8. The van der Waals surface area contributed by atoms with Gasteiger partial charge in [0.15, 0.2) is 0 Å². The molecule has 0 amide bonds. The van der Waals surface area contributed by atoms with Crippen molar-refractivity contribution < 1.29 is 0 Å². The number of benzene rings is 3. The highest BCUT2D eigenvalue weighted by atomic mass is 14.8. The first-order chi connectivity index (χ1) is 22.4. The lowest BCUT2D eigenvalue weighted by atomic mass is 9.25. The second-order valence-corrected chi connectivity index (χ2v) is 17.1. The lowest BCUT2D eigenvalue weighted by molar-refractivity contribution is -0.212. The van der Waals surface area contributed by atoms with Crippen LogP contribution in [0.25, 0.3) is 5.57 Å². The van der Waals surface area contributed by atoms with Crippen molar-refractivity contribution >= 4 is 5.57 Å². The van der Waals surface area contributed by atoms with E-state index in [2.05, 4.69) is 177 Å². The van der Waals surface area contributed by atoms with Crippen LogP contribution in [0.3, 0.4) is 0 Å². The van der Waals surface area contributed by atoms with Crippen molar-refractivity contribution in [3.05, 3.63) is 160 Å². The lowest BCUT2D eigenvalue weighted by Gasteiger charge is -2.78. The minimum atomic E-state index is -0.359. The van der Waals surface area contributed by atoms with Crippen LogP contribution in [0.15, 0.2) is 138 Å². The summed E-state index contributed by atoms with van der Waals surface area (Å²) in [5.41, 5.74) is 11.5. The van der Waals surface area contributed by atoms with Crippen LogP contribution < -0.4 is 0 Å². The Labute approximate surface area is 284 Å². The minimum absolute atomic E-state index is 0.00716. The van der Waals surface area contributed by atoms with Crippen LogP contribution in [0.5, 0.6) is 0 Å². The number of hydrogen-bond acceptors (Lipinski definition) is 0. The Hall–Kier alpha value is -3.64. The summed E-state index contributed by atoms with van der Waals surface area (Å²) >= 11 is 0. The molecule has 5 aliphatic rings. The summed E-state index contributed by atoms with van der Waals surface area (Å²) in [5, 5.41) is 0. The Morgan fingerprint density at radius 3 is 1.83 bits per heavy atom. The average molecular weight is 617 g/mol. The number of hydrogen-bond donors (Lipinski definition) is 0. The zero-order chi connectivity index (χ0) is 33.0. The fourth-order valence-electron chi connectivity index (χ4n) is 12.2. The molecule has 0 radical (unpaired) electrons. The summed E-state index contributed by atoms with van der Waals surface area (Å²) in [4.78, 5) is 0. The SMILES string of the molecule is CC12C(=C3Cc4ccccc4C3=C3C=CCCC31)C(C)(C(c1ccccc1)(c1ccccc1)C1C=CC=C1)C(C)(C)C(C)(C)C2(C)C. The van der Waals surface area contributed by atoms with Crippen molar-refractivity contribution in [1.82, 2.24) is 0 Å². The highest BCUT2D eigenvalue weighted by Crippen LogP contribution is 2.83. The summed E-state index contributed by atoms with van der Waals surface area (Å²) in [7, 11) is 0. The predicted octanol–water partition coefficient (Wildman–Crippen LogP) is 12.1. The molecule has 0 heteroatoms. The maximum Gasteiger partial charge on any atom is 0.0396 e. The quantitative estimate of drug-likeness (QED) is 0.274. The molecule has 0 nitrogen and oxygen atoms in total. The van der Waals surface area contributed by atoms with Crippen molar-refractivity contribution in [2.24, 2.45) is 38.9 Å². The van der Waals surface area contributed by atoms with Gasteiger partial charge in [-0.05, 0) is 80.4 Å². The number of allylic oxidation sites excluding steroid dienone is 10. The highest BCUT2D eigenvalue weighted by molar-refractivity contribution is 5.92. The van der Waals surface area contributed by atoms with Gasteiger partial charge >= 0.3 is 0 Å². The molecule has 240 valence electrons. The second kappa shape index (κ2) is 9.95. The summed E-state index contributed by atoms with van der Waals surface area (Å²) in [6, 6.07) is 32.6. The molecule has 1 saturated carbocycles. The second-order valence-electron chi connectivity index (χ2n) is 17.1. The molecule has 0 saturated heterocycles. The van der Waals surface area contributed by atoms with Crippen LogP contribution in [-0.4, -0.2) is 0 Å². The van der Waals surface area contributed by atoms with Crippen LogP contribution in [0.4, 0.5) is 0 Å². The van der Waals surface area contributed by atoms with Crippen molar-refractivity contribution in [3.63, 3.8) is 0 Å². The topological polar surface area (TPSA) is 0 Å². The zero-order valence-corrected chi connectivity index (χ0v) is 29.8. The van der Waals surface area contributed by atoms with E-state index < -0.39 is 0 Å². The van der Waals surface area contributed by atoms with Crippen LogP contribution in [0, 0.1) is 38.9 Å². The normalized spacial score (nSPS) is 29.8. The molecule has 0 aliphatic heterocycles. The monoisotopic (exact) mass is 616 g/mol. The molecule has 5 aliphatic carbocycles. The molecule has 0 heterocycles. The fraction of sp³-hybridized carbons (Fsp3) is 0.404. The Bertz CT molecular complexity index is 1850. The third-order valence-corrected chi connectivity index (χ3v) is 15.7. The molecule has 3 aromatic carbocycles. The molecule has 3 aromatic rings. The van der Waals surface area contributed by atoms with E-state index in [1.54, 1.807) is 22.3 Å². The van der Waals surface area contributed by atoms with Gasteiger partial charge in [-0.25, -0.2) is 0 Å². The van der Waals surface area contributed by atoms with Gasteiger partial charge in [0.2, 0.25) is 0 Å². The van der Waals surface area contributed by atoms with Crippen molar-refractivity contribution in [3.8, 4) is 0 Å². The van der Waals surface area contributed by atoms with Gasteiger partial charge in [-0.3, -0.25) is 0 Å². The molecule has 0 aromatic heterocycles. The lowest BCUT2D eigenvalue weighted by Crippen LogP contribution is -2.73. The van der Waals surface area contributed by atoms with Gasteiger partial charge in [0.25, 0.3) is 0 Å². The maximum atomic E-state index is 2.73. The van der Waals surface area contributed by atoms with E-state index in [0.29, 0.717) is 5.92 Å². The van der Waals surface area contributed by atoms with Gasteiger partial charge < -0.3 is 0 Å². The maximum absolute atomic E-state index is 2.73. The van der Waals surface area contributed by atoms with Crippen LogP contribution in [-0.2, 0) is 11.8 Å². The first-order valence-corrected chi connectivity index (χ1v) is 18.1. The van der Waals surface area contributed by atoms with E-state index in [-0.39, 0.29) is 38.4 Å². The molecule has 0 bridgehead atoms. The van der Waals surface area contributed by atoms with Crippen molar-refractivity contribution in [2.75, 3.05) is 0 Å². The van der Waals surface area contributed by atoms with Gasteiger partial charge in [-0.2, -0.15) is 0 Å². The third-order valence-electron chi connectivity index (χ3n) is 15.7. The van der Waals surface area contributed by atoms with E-state index in [1.165, 1.54) is 28.7 Å². The Balaban J connectivity index is 1.63. The molecule has 1 fully saturated rings. The predicted molar refractivity (Wildman–Crippen MR) is 199 cm³/mol. The number of rotatable bonds is 4. The minimum Gasteiger partial charge on any atom is -0.0842 e. The third kappa shape index (κ3) is 3.40. The molecule has 3 unspecified atom stereocenters. The van der Waals surface area contributed by atoms with Crippen LogP contribution in [0.1, 0.15) is 90.5 Å². The largest absolute Gasteiger partial charge is 0.0842 e. The smallest absolute Gasteiger partial charge is 0.0396 e. The van der Waals surface area contributed by atoms with E-state index >= 15 is 0 Å². The van der Waals surface area contributed by atoms with Gasteiger partial charge in [0.05, 0.1) is 0 Å². The van der Waals surface area contributed by atoms with Crippen molar-refractivity contribution in [2.45, 2.75) is 80.1 Å². The van der Waals surface area contributed by atoms with Gasteiger partial charge in [-0.15, -0.1) is 0 Å². The highest BCUT2D eigenvalue weighted by Gasteiger charge is 2.77. The summed E-state index contributed by atoms with van der Waals surface area (Å²) in [6.45, 7) is 21.3. The van der Waals surface area contributed by atoms with E-state index in [1.807, 2.05) is 0 Å². The first kappa shape index (κ1) is 30.7. The fourth-order valence-corrected chi connectivity index (χ4v) is 12.2. The Morgan fingerprint density at radius 2 is 1.21 bits per heavy atom.